The highest BCUT2D eigenvalue weighted by Gasteiger charge is 2.16. The van der Waals surface area contributed by atoms with Gasteiger partial charge in [-0.2, -0.15) is 0 Å². The molecule has 100 valence electrons. The second-order valence-electron chi connectivity index (χ2n) is 4.85. The zero-order chi connectivity index (χ0) is 13.7. The summed E-state index contributed by atoms with van der Waals surface area (Å²) in [5.74, 6) is 1.45. The van der Waals surface area contributed by atoms with E-state index in [1.807, 2.05) is 12.1 Å². The fourth-order valence-corrected chi connectivity index (χ4v) is 2.73. The summed E-state index contributed by atoms with van der Waals surface area (Å²) in [6.45, 7) is 2.27. The van der Waals surface area contributed by atoms with Crippen LogP contribution in [-0.2, 0) is 6.42 Å². The lowest BCUT2D eigenvalue weighted by atomic mass is 9.94. The summed E-state index contributed by atoms with van der Waals surface area (Å²) in [5, 5.41) is 0. The molecular weight excluding hydrogens is 300 g/mol. The molecule has 0 spiro atoms. The fourth-order valence-electron chi connectivity index (χ4n) is 2.24. The van der Waals surface area contributed by atoms with Gasteiger partial charge in [-0.05, 0) is 35.6 Å². The monoisotopic (exact) mass is 318 g/mol. The Balaban J connectivity index is 2.06. The molecule has 0 radical (unpaired) electrons. The largest absolute Gasteiger partial charge is 0.497 e. The van der Waals surface area contributed by atoms with Crippen molar-refractivity contribution in [3.63, 3.8) is 0 Å². The van der Waals surface area contributed by atoms with Crippen LogP contribution in [0.25, 0.3) is 0 Å². The van der Waals surface area contributed by atoms with Crippen LogP contribution < -0.4 is 4.74 Å². The highest BCUT2D eigenvalue weighted by atomic mass is 79.9. The molecule has 0 aliphatic carbocycles. The van der Waals surface area contributed by atoms with Crippen molar-refractivity contribution in [2.45, 2.75) is 18.2 Å². The van der Waals surface area contributed by atoms with Gasteiger partial charge in [0.2, 0.25) is 0 Å². The number of methoxy groups -OCH3 is 1. The van der Waals surface area contributed by atoms with Crippen LogP contribution in [0.3, 0.4) is 0 Å². The first kappa shape index (κ1) is 14.1. The first-order valence-electron chi connectivity index (χ1n) is 6.52. The second-order valence-corrected chi connectivity index (χ2v) is 5.83. The first-order chi connectivity index (χ1) is 9.20. The maximum atomic E-state index is 5.27. The highest BCUT2D eigenvalue weighted by Crippen LogP contribution is 2.33. The van der Waals surface area contributed by atoms with Gasteiger partial charge in [0, 0.05) is 4.83 Å². The van der Waals surface area contributed by atoms with Gasteiger partial charge in [0.1, 0.15) is 5.75 Å². The first-order valence-corrected chi connectivity index (χ1v) is 7.44. The van der Waals surface area contributed by atoms with Crippen molar-refractivity contribution in [3.8, 4) is 5.75 Å². The van der Waals surface area contributed by atoms with Crippen LogP contribution in [0.15, 0.2) is 54.6 Å². The third-order valence-corrected chi connectivity index (χ3v) is 4.74. The van der Waals surface area contributed by atoms with E-state index in [4.69, 9.17) is 4.74 Å². The normalized spacial score (nSPS) is 13.8. The molecule has 0 heterocycles. The van der Waals surface area contributed by atoms with Crippen LogP contribution in [0, 0.1) is 5.92 Å². The van der Waals surface area contributed by atoms with Crippen molar-refractivity contribution >= 4 is 15.9 Å². The molecule has 2 rings (SSSR count). The van der Waals surface area contributed by atoms with Crippen LogP contribution in [0.4, 0.5) is 0 Å². The Morgan fingerprint density at radius 2 is 1.79 bits per heavy atom. The number of hydrogen-bond acceptors (Lipinski definition) is 1. The van der Waals surface area contributed by atoms with Crippen molar-refractivity contribution in [1.29, 1.82) is 0 Å². The molecule has 19 heavy (non-hydrogen) atoms. The lowest BCUT2D eigenvalue weighted by Crippen LogP contribution is -2.07. The van der Waals surface area contributed by atoms with Crippen molar-refractivity contribution in [2.75, 3.05) is 7.11 Å². The Morgan fingerprint density at radius 3 is 2.47 bits per heavy atom. The standard InChI is InChI=1S/C17H19BrO/c1-13(17(18)15-8-4-3-5-9-15)11-14-7-6-10-16(12-14)19-2/h3-10,12-13,17H,11H2,1-2H3. The summed E-state index contributed by atoms with van der Waals surface area (Å²) in [7, 11) is 1.71. The lowest BCUT2D eigenvalue weighted by Gasteiger charge is -2.19. The molecule has 2 aromatic rings. The third-order valence-electron chi connectivity index (χ3n) is 3.31. The summed E-state index contributed by atoms with van der Waals surface area (Å²) in [6, 6.07) is 18.9. The molecule has 1 nitrogen and oxygen atoms in total. The molecule has 0 N–H and O–H groups in total. The van der Waals surface area contributed by atoms with E-state index in [1.54, 1.807) is 7.11 Å². The predicted octanol–water partition coefficient (Wildman–Crippen LogP) is 5.01. The van der Waals surface area contributed by atoms with E-state index < -0.39 is 0 Å². The molecular formula is C17H19BrO. The molecule has 0 aromatic heterocycles. The molecule has 2 unspecified atom stereocenters. The van der Waals surface area contributed by atoms with Gasteiger partial charge < -0.3 is 4.74 Å². The molecule has 0 saturated carbocycles. The lowest BCUT2D eigenvalue weighted by molar-refractivity contribution is 0.413. The van der Waals surface area contributed by atoms with E-state index in [0.717, 1.165) is 12.2 Å². The van der Waals surface area contributed by atoms with Gasteiger partial charge in [0.25, 0.3) is 0 Å². The van der Waals surface area contributed by atoms with Gasteiger partial charge >= 0.3 is 0 Å². The van der Waals surface area contributed by atoms with Crippen molar-refractivity contribution in [2.24, 2.45) is 5.92 Å². The Labute approximate surface area is 123 Å². The van der Waals surface area contributed by atoms with E-state index in [9.17, 15) is 0 Å². The summed E-state index contributed by atoms with van der Waals surface area (Å²) >= 11 is 3.81. The average Bonchev–Trinajstić information content (AvgIpc) is 2.47. The topological polar surface area (TPSA) is 9.23 Å². The quantitative estimate of drug-likeness (QED) is 0.704. The van der Waals surface area contributed by atoms with E-state index >= 15 is 0 Å². The van der Waals surface area contributed by atoms with Gasteiger partial charge in [-0.3, -0.25) is 0 Å². The molecule has 0 fully saturated rings. The zero-order valence-corrected chi connectivity index (χ0v) is 12.9. The molecule has 0 saturated heterocycles. The highest BCUT2D eigenvalue weighted by molar-refractivity contribution is 9.09. The molecule has 2 aromatic carbocycles. The van der Waals surface area contributed by atoms with E-state index in [0.29, 0.717) is 10.7 Å². The van der Waals surface area contributed by atoms with Gasteiger partial charge in [0.05, 0.1) is 7.11 Å². The van der Waals surface area contributed by atoms with Crippen LogP contribution in [0.2, 0.25) is 0 Å². The molecule has 0 aliphatic heterocycles. The van der Waals surface area contributed by atoms with Gasteiger partial charge in [-0.25, -0.2) is 0 Å². The Kier molecular flexibility index (Phi) is 5.03. The zero-order valence-electron chi connectivity index (χ0n) is 11.3. The van der Waals surface area contributed by atoms with Gasteiger partial charge in [-0.15, -0.1) is 0 Å². The maximum absolute atomic E-state index is 5.27. The minimum atomic E-state index is 0.375. The number of halogens is 1. The average molecular weight is 319 g/mol. The van der Waals surface area contributed by atoms with Crippen molar-refractivity contribution < 1.29 is 4.74 Å². The predicted molar refractivity (Wildman–Crippen MR) is 84.0 cm³/mol. The van der Waals surface area contributed by atoms with E-state index in [-0.39, 0.29) is 0 Å². The second kappa shape index (κ2) is 6.76. The summed E-state index contributed by atoms with van der Waals surface area (Å²) in [5.41, 5.74) is 2.64. The van der Waals surface area contributed by atoms with E-state index in [2.05, 4.69) is 65.3 Å². The number of hydrogen-bond donors (Lipinski definition) is 0. The maximum Gasteiger partial charge on any atom is 0.119 e. The van der Waals surface area contributed by atoms with Gasteiger partial charge in [0.15, 0.2) is 0 Å². The Hall–Kier alpha value is -1.28. The summed E-state index contributed by atoms with van der Waals surface area (Å²) in [4.78, 5) is 0.375. The molecule has 2 heteroatoms. The number of alkyl halides is 1. The minimum Gasteiger partial charge on any atom is -0.497 e. The molecule has 2 atom stereocenters. The molecule has 0 amide bonds. The summed E-state index contributed by atoms with van der Waals surface area (Å²) in [6.07, 6.45) is 1.03. The van der Waals surface area contributed by atoms with Crippen molar-refractivity contribution in [1.82, 2.24) is 0 Å². The number of rotatable bonds is 5. The van der Waals surface area contributed by atoms with E-state index in [1.165, 1.54) is 11.1 Å². The van der Waals surface area contributed by atoms with Crippen LogP contribution in [0.5, 0.6) is 5.75 Å². The third kappa shape index (κ3) is 3.84. The SMILES string of the molecule is COc1cccc(CC(C)C(Br)c2ccccc2)c1. The van der Waals surface area contributed by atoms with Crippen LogP contribution >= 0.6 is 15.9 Å². The van der Waals surface area contributed by atoms with Crippen molar-refractivity contribution in [3.05, 3.63) is 65.7 Å². The minimum absolute atomic E-state index is 0.375. The Morgan fingerprint density at radius 1 is 1.05 bits per heavy atom. The molecule has 0 bridgehead atoms. The fraction of sp³-hybridized carbons (Fsp3) is 0.294. The summed E-state index contributed by atoms with van der Waals surface area (Å²) < 4.78 is 5.27. The van der Waals surface area contributed by atoms with Crippen LogP contribution in [0.1, 0.15) is 22.9 Å². The van der Waals surface area contributed by atoms with Gasteiger partial charge in [-0.1, -0.05) is 65.3 Å². The molecule has 0 aliphatic rings. The number of ether oxygens (including phenoxy) is 1. The van der Waals surface area contributed by atoms with Crippen LogP contribution in [-0.4, -0.2) is 7.11 Å². The smallest absolute Gasteiger partial charge is 0.119 e. The Bertz CT molecular complexity index is 510. The number of benzene rings is 2.